The summed E-state index contributed by atoms with van der Waals surface area (Å²) in [7, 11) is 0. The molecule has 0 radical (unpaired) electrons. The van der Waals surface area contributed by atoms with Crippen LogP contribution < -0.4 is 0 Å². The van der Waals surface area contributed by atoms with Crippen molar-refractivity contribution < 1.29 is 0 Å². The normalized spacial score (nSPS) is 36.2. The molecule has 24 heavy (non-hydrogen) atoms. The number of piperazine rings is 1. The van der Waals surface area contributed by atoms with Crippen LogP contribution in [-0.4, -0.2) is 46.9 Å². The summed E-state index contributed by atoms with van der Waals surface area (Å²) < 4.78 is 0. The Hall–Kier alpha value is -0.570. The van der Waals surface area contributed by atoms with Gasteiger partial charge in [0.1, 0.15) is 0 Å². The largest absolute Gasteiger partial charge is 0.300 e. The molecule has 1 unspecified atom stereocenters. The van der Waals surface area contributed by atoms with Gasteiger partial charge in [-0.05, 0) is 43.7 Å². The van der Waals surface area contributed by atoms with Crippen molar-refractivity contribution in [2.75, 3.05) is 26.2 Å². The number of hydrogen-bond donors (Lipinski definition) is 0. The van der Waals surface area contributed by atoms with E-state index in [1.165, 1.54) is 43.6 Å². The highest BCUT2D eigenvalue weighted by atomic mass is 35.5. The number of benzene rings is 1. The molecule has 3 fully saturated rings. The molecule has 1 heterocycles. The van der Waals surface area contributed by atoms with Crippen LogP contribution in [0.5, 0.6) is 0 Å². The van der Waals surface area contributed by atoms with Gasteiger partial charge in [-0.15, -0.1) is 11.6 Å². The van der Waals surface area contributed by atoms with E-state index in [9.17, 15) is 0 Å². The zero-order chi connectivity index (χ0) is 17.1. The third-order valence-electron chi connectivity index (χ3n) is 6.61. The van der Waals surface area contributed by atoms with Gasteiger partial charge in [0.05, 0.1) is 4.87 Å². The minimum absolute atomic E-state index is 0.202. The summed E-state index contributed by atoms with van der Waals surface area (Å²) in [4.78, 5) is 5.59. The summed E-state index contributed by atoms with van der Waals surface area (Å²) in [5.74, 6) is 0.575. The monoisotopic (exact) mass is 346 g/mol. The minimum atomic E-state index is 0.202. The highest BCUT2D eigenvalue weighted by molar-refractivity contribution is 6.30. The maximum absolute atomic E-state index is 6.55. The fourth-order valence-corrected chi connectivity index (χ4v) is 5.42. The van der Waals surface area contributed by atoms with Gasteiger partial charge < -0.3 is 0 Å². The number of nitrogens with zero attached hydrogens (tertiary/aromatic N) is 2. The van der Waals surface area contributed by atoms with Crippen LogP contribution >= 0.6 is 11.6 Å². The molecule has 0 amide bonds. The van der Waals surface area contributed by atoms with Crippen molar-refractivity contribution in [2.45, 2.75) is 63.4 Å². The fraction of sp³-hybridized carbons (Fsp3) is 0.714. The first-order valence-electron chi connectivity index (χ1n) is 9.61. The van der Waals surface area contributed by atoms with Crippen molar-refractivity contribution in [3.8, 4) is 0 Å². The molecule has 1 atom stereocenters. The maximum atomic E-state index is 6.55. The first-order chi connectivity index (χ1) is 11.4. The van der Waals surface area contributed by atoms with Gasteiger partial charge in [0.2, 0.25) is 0 Å². The lowest BCUT2D eigenvalue weighted by Gasteiger charge is -2.45. The van der Waals surface area contributed by atoms with Crippen molar-refractivity contribution in [1.29, 1.82) is 0 Å². The third-order valence-corrected chi connectivity index (χ3v) is 7.28. The predicted octanol–water partition coefficient (Wildman–Crippen LogP) is 4.65. The van der Waals surface area contributed by atoms with Crippen LogP contribution in [-0.2, 0) is 0 Å². The molecule has 132 valence electrons. The molecule has 1 saturated heterocycles. The van der Waals surface area contributed by atoms with Crippen LogP contribution in [0.15, 0.2) is 24.3 Å². The van der Waals surface area contributed by atoms with Crippen LogP contribution in [0.1, 0.15) is 63.6 Å². The quantitative estimate of drug-likeness (QED) is 0.716. The zero-order valence-corrected chi connectivity index (χ0v) is 16.3. The van der Waals surface area contributed by atoms with Gasteiger partial charge in [0.25, 0.3) is 0 Å². The molecular weight excluding hydrogens is 316 g/mol. The number of fused-ring (bicyclic) bond motifs is 1. The molecular formula is C21H31ClN2. The molecule has 3 heteroatoms. The highest BCUT2D eigenvalue weighted by Gasteiger charge is 2.82. The Morgan fingerprint density at radius 2 is 1.79 bits per heavy atom. The predicted molar refractivity (Wildman–Crippen MR) is 102 cm³/mol. The summed E-state index contributed by atoms with van der Waals surface area (Å²) in [5.41, 5.74) is 3.53. The van der Waals surface area contributed by atoms with Crippen LogP contribution in [0.2, 0.25) is 0 Å². The van der Waals surface area contributed by atoms with E-state index < -0.39 is 0 Å². The Balaban J connectivity index is 1.57. The first kappa shape index (κ1) is 16.9. The molecule has 0 bridgehead atoms. The second kappa shape index (κ2) is 5.72. The minimum Gasteiger partial charge on any atom is -0.300 e. The molecule has 2 aliphatic carbocycles. The van der Waals surface area contributed by atoms with Crippen LogP contribution in [0, 0.1) is 5.41 Å². The standard InChI is InChI=1S/C21H31ClN2/c1-15(2)17-7-5-6-8-18(17)19-11-23(9-10-24(19)16(3)4)14-20-12-21(20,22)13-20/h5-8,15-16,19H,9-14H2,1-4H3. The lowest BCUT2D eigenvalue weighted by atomic mass is 9.90. The Morgan fingerprint density at radius 3 is 2.38 bits per heavy atom. The smallest absolute Gasteiger partial charge is 0.0529 e. The molecule has 0 spiro atoms. The molecule has 1 aromatic rings. The summed E-state index contributed by atoms with van der Waals surface area (Å²) in [6, 6.07) is 10.2. The summed E-state index contributed by atoms with van der Waals surface area (Å²) >= 11 is 6.55. The highest BCUT2D eigenvalue weighted by Crippen LogP contribution is 2.82. The van der Waals surface area contributed by atoms with Crippen molar-refractivity contribution in [3.63, 3.8) is 0 Å². The van der Waals surface area contributed by atoms with Gasteiger partial charge in [0, 0.05) is 43.7 Å². The second-order valence-corrected chi connectivity index (χ2v) is 9.69. The summed E-state index contributed by atoms with van der Waals surface area (Å²) in [6.07, 6.45) is 2.50. The van der Waals surface area contributed by atoms with E-state index in [1.807, 2.05) is 0 Å². The maximum Gasteiger partial charge on any atom is 0.0529 e. The average Bonchev–Trinajstić information content (AvgIpc) is 3.30. The van der Waals surface area contributed by atoms with E-state index in [0.29, 0.717) is 23.4 Å². The number of alkyl halides is 1. The second-order valence-electron chi connectivity index (χ2n) is 8.97. The number of halogens is 1. The van der Waals surface area contributed by atoms with E-state index in [1.54, 1.807) is 0 Å². The topological polar surface area (TPSA) is 6.48 Å². The fourth-order valence-electron chi connectivity index (χ4n) is 4.85. The lowest BCUT2D eigenvalue weighted by Crippen LogP contribution is -2.51. The van der Waals surface area contributed by atoms with E-state index in [4.69, 9.17) is 11.6 Å². The van der Waals surface area contributed by atoms with Crippen molar-refractivity contribution in [1.82, 2.24) is 9.80 Å². The van der Waals surface area contributed by atoms with Crippen LogP contribution in [0.3, 0.4) is 0 Å². The molecule has 0 N–H and O–H groups in total. The van der Waals surface area contributed by atoms with Gasteiger partial charge in [0.15, 0.2) is 0 Å². The van der Waals surface area contributed by atoms with Crippen molar-refractivity contribution >= 4 is 11.6 Å². The first-order valence-corrected chi connectivity index (χ1v) is 9.99. The Kier molecular flexibility index (Phi) is 4.02. The lowest BCUT2D eigenvalue weighted by molar-refractivity contribution is 0.0444. The van der Waals surface area contributed by atoms with E-state index in [-0.39, 0.29) is 4.87 Å². The zero-order valence-electron chi connectivity index (χ0n) is 15.6. The molecule has 3 aliphatic rings. The van der Waals surface area contributed by atoms with Gasteiger partial charge in [-0.3, -0.25) is 9.80 Å². The Bertz CT molecular complexity index is 618. The van der Waals surface area contributed by atoms with Crippen LogP contribution in [0.4, 0.5) is 0 Å². The Labute approximate surface area is 152 Å². The van der Waals surface area contributed by atoms with Crippen molar-refractivity contribution in [3.05, 3.63) is 35.4 Å². The third kappa shape index (κ3) is 2.71. The molecule has 1 aromatic carbocycles. The Morgan fingerprint density at radius 1 is 1.12 bits per heavy atom. The number of hydrogen-bond acceptors (Lipinski definition) is 2. The van der Waals surface area contributed by atoms with Gasteiger partial charge in [-0.1, -0.05) is 38.1 Å². The molecule has 4 rings (SSSR count). The summed E-state index contributed by atoms with van der Waals surface area (Å²) in [6.45, 7) is 14.0. The summed E-state index contributed by atoms with van der Waals surface area (Å²) in [5, 5.41) is 0. The van der Waals surface area contributed by atoms with E-state index in [0.717, 1.165) is 6.54 Å². The van der Waals surface area contributed by atoms with E-state index in [2.05, 4.69) is 61.8 Å². The average molecular weight is 347 g/mol. The SMILES string of the molecule is CC(C)c1ccccc1C1CN(CC23CC2(Cl)C3)CCN1C(C)C. The van der Waals surface area contributed by atoms with Gasteiger partial charge in [-0.25, -0.2) is 0 Å². The van der Waals surface area contributed by atoms with Crippen molar-refractivity contribution in [2.24, 2.45) is 5.41 Å². The van der Waals surface area contributed by atoms with Crippen LogP contribution in [0.25, 0.3) is 0 Å². The van der Waals surface area contributed by atoms with Gasteiger partial charge >= 0.3 is 0 Å². The van der Waals surface area contributed by atoms with E-state index >= 15 is 0 Å². The molecule has 2 nitrogen and oxygen atoms in total. The molecule has 1 aliphatic heterocycles. The molecule has 2 saturated carbocycles. The molecule has 0 aromatic heterocycles. The number of rotatable bonds is 5. The van der Waals surface area contributed by atoms with Gasteiger partial charge in [-0.2, -0.15) is 0 Å².